The van der Waals surface area contributed by atoms with Crippen LogP contribution in [0.15, 0.2) is 18.2 Å². The normalized spacial score (nSPS) is 14.0. The fourth-order valence-corrected chi connectivity index (χ4v) is 3.86. The third-order valence-electron chi connectivity index (χ3n) is 5.61. The van der Waals surface area contributed by atoms with Crippen molar-refractivity contribution in [2.75, 3.05) is 56.0 Å². The van der Waals surface area contributed by atoms with Gasteiger partial charge in [0.15, 0.2) is 0 Å². The molecule has 5 amide bonds. The van der Waals surface area contributed by atoms with Gasteiger partial charge in [0.25, 0.3) is 5.91 Å². The zero-order chi connectivity index (χ0) is 24.4. The molecule has 0 radical (unpaired) electrons. The van der Waals surface area contributed by atoms with Gasteiger partial charge < -0.3 is 30.7 Å². The van der Waals surface area contributed by atoms with Crippen molar-refractivity contribution in [1.29, 1.82) is 0 Å². The lowest BCUT2D eigenvalue weighted by Gasteiger charge is -2.28. The Morgan fingerprint density at radius 3 is 2.39 bits per heavy atom. The first-order chi connectivity index (χ1) is 15.8. The highest BCUT2D eigenvalue weighted by Crippen LogP contribution is 2.27. The van der Waals surface area contributed by atoms with E-state index in [4.69, 9.17) is 0 Å². The molecular formula is C24H40N6O3. The first kappa shape index (κ1) is 26.3. The van der Waals surface area contributed by atoms with Gasteiger partial charge >= 0.3 is 12.1 Å². The molecule has 1 saturated heterocycles. The Bertz CT molecular complexity index is 809. The largest absolute Gasteiger partial charge is 0.369 e. The molecule has 0 aromatic heterocycles. The van der Waals surface area contributed by atoms with Gasteiger partial charge in [0, 0.05) is 63.2 Å². The molecule has 3 N–H and O–H groups in total. The summed E-state index contributed by atoms with van der Waals surface area (Å²) in [4.78, 5) is 43.7. The molecule has 9 nitrogen and oxygen atoms in total. The number of benzene rings is 1. The van der Waals surface area contributed by atoms with Gasteiger partial charge in [-0.1, -0.05) is 6.92 Å². The number of nitrogens with one attached hydrogen (secondary N) is 3. The van der Waals surface area contributed by atoms with Crippen LogP contribution in [0.25, 0.3) is 0 Å². The van der Waals surface area contributed by atoms with Crippen molar-refractivity contribution in [3.8, 4) is 0 Å². The molecule has 1 aromatic carbocycles. The van der Waals surface area contributed by atoms with Crippen molar-refractivity contribution in [3.05, 3.63) is 23.8 Å². The number of nitrogens with zero attached hydrogens (tertiary/aromatic N) is 3. The number of hydrogen-bond acceptors (Lipinski definition) is 4. The van der Waals surface area contributed by atoms with Crippen LogP contribution in [0.1, 0.15) is 57.8 Å². The van der Waals surface area contributed by atoms with E-state index in [0.29, 0.717) is 50.5 Å². The Morgan fingerprint density at radius 1 is 1.03 bits per heavy atom. The van der Waals surface area contributed by atoms with Gasteiger partial charge in [-0.15, -0.1) is 0 Å². The van der Waals surface area contributed by atoms with E-state index in [1.54, 1.807) is 11.0 Å². The average molecular weight is 461 g/mol. The van der Waals surface area contributed by atoms with Gasteiger partial charge in [-0.25, -0.2) is 9.59 Å². The molecule has 33 heavy (non-hydrogen) atoms. The van der Waals surface area contributed by atoms with Crippen molar-refractivity contribution in [2.24, 2.45) is 0 Å². The van der Waals surface area contributed by atoms with E-state index in [9.17, 15) is 14.4 Å². The van der Waals surface area contributed by atoms with E-state index in [1.807, 2.05) is 51.7 Å². The fourth-order valence-electron chi connectivity index (χ4n) is 3.86. The number of anilines is 2. The highest BCUT2D eigenvalue weighted by Gasteiger charge is 2.24. The van der Waals surface area contributed by atoms with Crippen LogP contribution in [0, 0.1) is 0 Å². The summed E-state index contributed by atoms with van der Waals surface area (Å²) in [6.07, 6.45) is 1.66. The molecule has 0 unspecified atom stereocenters. The molecule has 0 aliphatic carbocycles. The summed E-state index contributed by atoms with van der Waals surface area (Å²) in [5.74, 6) is -0.0636. The van der Waals surface area contributed by atoms with Gasteiger partial charge in [0.2, 0.25) is 0 Å². The van der Waals surface area contributed by atoms with Crippen LogP contribution in [-0.4, -0.2) is 79.6 Å². The number of urea groups is 2. The van der Waals surface area contributed by atoms with E-state index in [2.05, 4.69) is 20.9 Å². The lowest BCUT2D eigenvalue weighted by atomic mass is 10.1. The molecular weight excluding hydrogens is 420 g/mol. The number of rotatable bonds is 8. The van der Waals surface area contributed by atoms with Gasteiger partial charge in [0.1, 0.15) is 0 Å². The molecule has 0 bridgehead atoms. The molecule has 2 rings (SSSR count). The second kappa shape index (κ2) is 12.9. The Balaban J connectivity index is 2.27. The van der Waals surface area contributed by atoms with Crippen LogP contribution in [0.5, 0.6) is 0 Å². The van der Waals surface area contributed by atoms with Crippen molar-refractivity contribution in [3.63, 3.8) is 0 Å². The maximum Gasteiger partial charge on any atom is 0.319 e. The fraction of sp³-hybridized carbons (Fsp3) is 0.625. The lowest BCUT2D eigenvalue weighted by Crippen LogP contribution is -2.44. The highest BCUT2D eigenvalue weighted by atomic mass is 16.2. The third kappa shape index (κ3) is 7.54. The number of carbonyl (C=O) groups excluding carboxylic acids is 3. The van der Waals surface area contributed by atoms with Crippen molar-refractivity contribution >= 4 is 29.3 Å². The highest BCUT2D eigenvalue weighted by molar-refractivity contribution is 6.02. The molecule has 1 aliphatic rings. The molecule has 1 heterocycles. The number of hydrogen-bond donors (Lipinski definition) is 3. The summed E-state index contributed by atoms with van der Waals surface area (Å²) in [6.45, 7) is 14.2. The maximum absolute atomic E-state index is 13.4. The minimum absolute atomic E-state index is 0.0519. The van der Waals surface area contributed by atoms with Gasteiger partial charge in [-0.3, -0.25) is 4.79 Å². The molecule has 184 valence electrons. The van der Waals surface area contributed by atoms with E-state index in [1.165, 1.54) is 0 Å². The van der Waals surface area contributed by atoms with Crippen LogP contribution in [0.4, 0.5) is 21.0 Å². The summed E-state index contributed by atoms with van der Waals surface area (Å²) < 4.78 is 0. The van der Waals surface area contributed by atoms with Gasteiger partial charge in [-0.2, -0.15) is 0 Å². The SMILES string of the molecule is CCCNC(=O)Nc1ccc(N2CCCN(C(=O)NC(C)C)CC2)c(C(=O)N(CC)CC)c1. The molecule has 1 fully saturated rings. The topological polar surface area (TPSA) is 97.0 Å². The lowest BCUT2D eigenvalue weighted by molar-refractivity contribution is 0.0773. The second-order valence-corrected chi connectivity index (χ2v) is 8.52. The molecule has 0 atom stereocenters. The summed E-state index contributed by atoms with van der Waals surface area (Å²) >= 11 is 0. The molecule has 9 heteroatoms. The van der Waals surface area contributed by atoms with Crippen LogP contribution < -0.4 is 20.9 Å². The summed E-state index contributed by atoms with van der Waals surface area (Å²) in [7, 11) is 0. The Labute approximate surface area is 197 Å². The predicted molar refractivity (Wildman–Crippen MR) is 133 cm³/mol. The first-order valence-corrected chi connectivity index (χ1v) is 12.1. The second-order valence-electron chi connectivity index (χ2n) is 8.52. The molecule has 1 aliphatic heterocycles. The van der Waals surface area contributed by atoms with Gasteiger partial charge in [-0.05, 0) is 58.7 Å². The number of amides is 5. The van der Waals surface area contributed by atoms with Crippen LogP contribution in [0.3, 0.4) is 0 Å². The zero-order valence-corrected chi connectivity index (χ0v) is 20.7. The Kier molecular flexibility index (Phi) is 10.3. The molecule has 1 aromatic rings. The minimum Gasteiger partial charge on any atom is -0.369 e. The van der Waals surface area contributed by atoms with E-state index in [0.717, 1.165) is 25.1 Å². The zero-order valence-electron chi connectivity index (χ0n) is 20.7. The Hall–Kier alpha value is -2.97. The monoisotopic (exact) mass is 460 g/mol. The minimum atomic E-state index is -0.285. The summed E-state index contributed by atoms with van der Waals surface area (Å²) in [6, 6.07) is 5.24. The van der Waals surface area contributed by atoms with Crippen LogP contribution in [-0.2, 0) is 0 Å². The third-order valence-corrected chi connectivity index (χ3v) is 5.61. The molecule has 0 spiro atoms. The first-order valence-electron chi connectivity index (χ1n) is 12.1. The quantitative estimate of drug-likeness (QED) is 0.554. The van der Waals surface area contributed by atoms with E-state index < -0.39 is 0 Å². The average Bonchev–Trinajstić information content (AvgIpc) is 3.04. The number of carbonyl (C=O) groups is 3. The van der Waals surface area contributed by atoms with Crippen molar-refractivity contribution in [2.45, 2.75) is 53.5 Å². The van der Waals surface area contributed by atoms with Crippen LogP contribution >= 0.6 is 0 Å². The van der Waals surface area contributed by atoms with E-state index >= 15 is 0 Å². The summed E-state index contributed by atoms with van der Waals surface area (Å²) in [5.41, 5.74) is 1.97. The standard InChI is InChI=1S/C24H40N6O3/c1-6-12-25-23(32)27-19-10-11-21(20(17-19)22(31)28(7-2)8-3)29-13-9-14-30(16-15-29)24(33)26-18(4)5/h10-11,17-18H,6-9,12-16H2,1-5H3,(H,26,33)(H2,25,27,32). The Morgan fingerprint density at radius 2 is 1.76 bits per heavy atom. The van der Waals surface area contributed by atoms with Crippen molar-refractivity contribution < 1.29 is 14.4 Å². The van der Waals surface area contributed by atoms with Gasteiger partial charge in [0.05, 0.1) is 5.56 Å². The predicted octanol–water partition coefficient (Wildman–Crippen LogP) is 3.33. The van der Waals surface area contributed by atoms with Crippen molar-refractivity contribution in [1.82, 2.24) is 20.4 Å². The summed E-state index contributed by atoms with van der Waals surface area (Å²) in [5, 5.41) is 8.58. The van der Waals surface area contributed by atoms with E-state index in [-0.39, 0.29) is 24.0 Å². The smallest absolute Gasteiger partial charge is 0.319 e. The molecule has 0 saturated carbocycles. The maximum atomic E-state index is 13.4. The van der Waals surface area contributed by atoms with Crippen LogP contribution in [0.2, 0.25) is 0 Å².